The second kappa shape index (κ2) is 7.22. The summed E-state index contributed by atoms with van der Waals surface area (Å²) in [6.07, 6.45) is 2.21. The number of aromatic nitrogens is 1. The number of thiazole rings is 1. The van der Waals surface area contributed by atoms with Crippen molar-refractivity contribution in [1.82, 2.24) is 4.98 Å². The van der Waals surface area contributed by atoms with Crippen molar-refractivity contribution >= 4 is 40.2 Å². The summed E-state index contributed by atoms with van der Waals surface area (Å²) in [4.78, 5) is 27.0. The zero-order valence-electron chi connectivity index (χ0n) is 13.0. The largest absolute Gasteiger partial charge is 0.466 e. The molecule has 1 aliphatic heterocycles. The fraction of sp³-hybridized carbons (Fsp3) is 0.250. The standard InChI is InChI=1S/C16H16N4O3S/c1-2-23-15(22)7-12-9-24-16(18-12)20-17-8-10-3-4-13-11(5-10)6-14(21)19-13/h3-5,8-9H,2,6-7H2,1H3,(H,18,20)(H,19,21). The van der Waals surface area contributed by atoms with E-state index in [9.17, 15) is 9.59 Å². The number of anilines is 2. The summed E-state index contributed by atoms with van der Waals surface area (Å²) < 4.78 is 4.88. The van der Waals surface area contributed by atoms with Crippen LogP contribution in [0.25, 0.3) is 0 Å². The van der Waals surface area contributed by atoms with Gasteiger partial charge in [0.15, 0.2) is 0 Å². The molecule has 24 heavy (non-hydrogen) atoms. The van der Waals surface area contributed by atoms with E-state index in [1.54, 1.807) is 18.5 Å². The highest BCUT2D eigenvalue weighted by atomic mass is 32.1. The Morgan fingerprint density at radius 1 is 1.54 bits per heavy atom. The first-order valence-electron chi connectivity index (χ1n) is 7.46. The molecule has 0 saturated heterocycles. The molecule has 2 heterocycles. The first-order chi connectivity index (χ1) is 11.6. The fourth-order valence-corrected chi connectivity index (χ4v) is 2.95. The van der Waals surface area contributed by atoms with Gasteiger partial charge in [0.25, 0.3) is 0 Å². The van der Waals surface area contributed by atoms with Crippen molar-refractivity contribution in [2.45, 2.75) is 19.8 Å². The predicted molar refractivity (Wildman–Crippen MR) is 92.4 cm³/mol. The van der Waals surface area contributed by atoms with Crippen LogP contribution in [-0.4, -0.2) is 29.7 Å². The van der Waals surface area contributed by atoms with E-state index in [1.165, 1.54) is 11.3 Å². The molecule has 0 fully saturated rings. The number of hydrogen-bond donors (Lipinski definition) is 2. The summed E-state index contributed by atoms with van der Waals surface area (Å²) in [7, 11) is 0. The average molecular weight is 344 g/mol. The van der Waals surface area contributed by atoms with Crippen LogP contribution in [0.5, 0.6) is 0 Å². The zero-order chi connectivity index (χ0) is 16.9. The minimum atomic E-state index is -0.292. The van der Waals surface area contributed by atoms with Crippen LogP contribution in [0, 0.1) is 0 Å². The fourth-order valence-electron chi connectivity index (χ4n) is 2.29. The first-order valence-corrected chi connectivity index (χ1v) is 8.34. The molecule has 0 radical (unpaired) electrons. The van der Waals surface area contributed by atoms with Crippen LogP contribution in [0.4, 0.5) is 10.8 Å². The molecule has 1 aliphatic rings. The molecule has 2 N–H and O–H groups in total. The number of benzene rings is 1. The molecule has 1 aromatic heterocycles. The lowest BCUT2D eigenvalue weighted by Crippen LogP contribution is -2.07. The molecular formula is C16H16N4O3S. The van der Waals surface area contributed by atoms with Gasteiger partial charge in [0.1, 0.15) is 0 Å². The van der Waals surface area contributed by atoms with Crippen LogP contribution < -0.4 is 10.7 Å². The molecule has 0 bridgehead atoms. The Balaban J connectivity index is 1.57. The monoisotopic (exact) mass is 344 g/mol. The number of rotatable bonds is 6. The van der Waals surface area contributed by atoms with Crippen molar-refractivity contribution in [1.29, 1.82) is 0 Å². The lowest BCUT2D eigenvalue weighted by molar-refractivity contribution is -0.142. The SMILES string of the molecule is CCOC(=O)Cc1csc(NN=Cc2ccc3c(c2)CC(=O)N3)n1. The molecule has 124 valence electrons. The van der Waals surface area contributed by atoms with Gasteiger partial charge in [-0.1, -0.05) is 6.07 Å². The Morgan fingerprint density at radius 3 is 3.25 bits per heavy atom. The normalized spacial score (nSPS) is 13.0. The van der Waals surface area contributed by atoms with E-state index in [-0.39, 0.29) is 18.3 Å². The molecule has 0 atom stereocenters. The maximum Gasteiger partial charge on any atom is 0.311 e. The lowest BCUT2D eigenvalue weighted by atomic mass is 10.1. The third-order valence-electron chi connectivity index (χ3n) is 3.31. The van der Waals surface area contributed by atoms with Gasteiger partial charge >= 0.3 is 5.97 Å². The molecule has 2 aromatic rings. The van der Waals surface area contributed by atoms with Crippen LogP contribution in [0.3, 0.4) is 0 Å². The van der Waals surface area contributed by atoms with Crippen LogP contribution >= 0.6 is 11.3 Å². The quantitative estimate of drug-likeness (QED) is 0.476. The van der Waals surface area contributed by atoms with Gasteiger partial charge in [-0.15, -0.1) is 11.3 Å². The van der Waals surface area contributed by atoms with E-state index in [0.29, 0.717) is 23.9 Å². The Bertz CT molecular complexity index is 800. The lowest BCUT2D eigenvalue weighted by Gasteiger charge is -1.99. The molecule has 0 spiro atoms. The maximum atomic E-state index is 11.4. The third kappa shape index (κ3) is 3.96. The molecule has 8 heteroatoms. The number of nitrogens with one attached hydrogen (secondary N) is 2. The average Bonchev–Trinajstić information content (AvgIpc) is 3.12. The van der Waals surface area contributed by atoms with Gasteiger partial charge < -0.3 is 10.1 Å². The zero-order valence-corrected chi connectivity index (χ0v) is 13.9. The van der Waals surface area contributed by atoms with E-state index in [1.807, 2.05) is 18.2 Å². The van der Waals surface area contributed by atoms with Crippen molar-refractivity contribution in [3.63, 3.8) is 0 Å². The number of amides is 1. The number of fused-ring (bicyclic) bond motifs is 1. The Morgan fingerprint density at radius 2 is 2.42 bits per heavy atom. The highest BCUT2D eigenvalue weighted by Gasteiger charge is 2.16. The summed E-state index contributed by atoms with van der Waals surface area (Å²) in [5, 5.41) is 9.32. The van der Waals surface area contributed by atoms with Crippen LogP contribution in [-0.2, 0) is 27.2 Å². The Kier molecular flexibility index (Phi) is 4.85. The van der Waals surface area contributed by atoms with Gasteiger partial charge in [0.2, 0.25) is 11.0 Å². The van der Waals surface area contributed by atoms with E-state index >= 15 is 0 Å². The van der Waals surface area contributed by atoms with E-state index < -0.39 is 0 Å². The van der Waals surface area contributed by atoms with Crippen molar-refractivity contribution in [3.05, 3.63) is 40.4 Å². The van der Waals surface area contributed by atoms with Crippen LogP contribution in [0.15, 0.2) is 28.7 Å². The van der Waals surface area contributed by atoms with Gasteiger partial charge in [-0.3, -0.25) is 15.0 Å². The number of nitrogens with zero attached hydrogens (tertiary/aromatic N) is 2. The van der Waals surface area contributed by atoms with E-state index in [2.05, 4.69) is 20.8 Å². The van der Waals surface area contributed by atoms with Crippen LogP contribution in [0.1, 0.15) is 23.7 Å². The van der Waals surface area contributed by atoms with Gasteiger partial charge in [-0.25, -0.2) is 4.98 Å². The molecule has 3 rings (SSSR count). The highest BCUT2D eigenvalue weighted by molar-refractivity contribution is 7.13. The molecule has 1 aromatic carbocycles. The summed E-state index contributed by atoms with van der Waals surface area (Å²) in [6.45, 7) is 2.13. The van der Waals surface area contributed by atoms with Crippen molar-refractivity contribution in [3.8, 4) is 0 Å². The minimum absolute atomic E-state index is 0.00845. The van der Waals surface area contributed by atoms with Crippen molar-refractivity contribution < 1.29 is 14.3 Å². The predicted octanol–water partition coefficient (Wildman–Crippen LogP) is 2.19. The molecule has 1 amide bonds. The first kappa shape index (κ1) is 16.1. The summed E-state index contributed by atoms with van der Waals surface area (Å²) in [5.74, 6) is -0.284. The smallest absolute Gasteiger partial charge is 0.311 e. The second-order valence-electron chi connectivity index (χ2n) is 5.14. The topological polar surface area (TPSA) is 92.7 Å². The van der Waals surface area contributed by atoms with Crippen LogP contribution in [0.2, 0.25) is 0 Å². The second-order valence-corrected chi connectivity index (χ2v) is 6.00. The number of ether oxygens (including phenoxy) is 1. The van der Waals surface area contributed by atoms with Crippen molar-refractivity contribution in [2.75, 3.05) is 17.3 Å². The summed E-state index contributed by atoms with van der Waals surface area (Å²) in [5.41, 5.74) is 6.20. The molecule has 0 saturated carbocycles. The van der Waals surface area contributed by atoms with Gasteiger partial charge in [-0.2, -0.15) is 5.10 Å². The summed E-state index contributed by atoms with van der Waals surface area (Å²) >= 11 is 1.37. The number of esters is 1. The number of hydrogen-bond acceptors (Lipinski definition) is 7. The maximum absolute atomic E-state index is 11.4. The third-order valence-corrected chi connectivity index (χ3v) is 4.11. The summed E-state index contributed by atoms with van der Waals surface area (Å²) in [6, 6.07) is 5.67. The Hall–Kier alpha value is -2.74. The van der Waals surface area contributed by atoms with Gasteiger partial charge in [-0.05, 0) is 30.2 Å². The van der Waals surface area contributed by atoms with Gasteiger partial charge in [0, 0.05) is 11.1 Å². The minimum Gasteiger partial charge on any atom is -0.466 e. The molecule has 0 unspecified atom stereocenters. The molecule has 7 nitrogen and oxygen atoms in total. The number of hydrazone groups is 1. The van der Waals surface area contributed by atoms with E-state index in [4.69, 9.17) is 4.74 Å². The Labute approximate surface area is 142 Å². The number of carbonyl (C=O) groups excluding carboxylic acids is 2. The van der Waals surface area contributed by atoms with E-state index in [0.717, 1.165) is 16.8 Å². The van der Waals surface area contributed by atoms with Crippen molar-refractivity contribution in [2.24, 2.45) is 5.10 Å². The molecular weight excluding hydrogens is 328 g/mol. The van der Waals surface area contributed by atoms with Gasteiger partial charge in [0.05, 0.1) is 31.4 Å². The number of carbonyl (C=O) groups is 2. The highest BCUT2D eigenvalue weighted by Crippen LogP contribution is 2.23. The molecule has 0 aliphatic carbocycles.